The van der Waals surface area contributed by atoms with Gasteiger partial charge in [0.05, 0.1) is 11.6 Å². The number of aromatic nitrogens is 4. The number of likely N-dealkylation sites (tertiary alicyclic amines) is 1. The van der Waals surface area contributed by atoms with Crippen molar-refractivity contribution in [2.24, 2.45) is 0 Å². The van der Waals surface area contributed by atoms with E-state index in [9.17, 15) is 4.79 Å². The molecule has 1 aliphatic heterocycles. The molecular weight excluding hydrogens is 316 g/mol. The van der Waals surface area contributed by atoms with Crippen molar-refractivity contribution in [3.05, 3.63) is 48.3 Å². The summed E-state index contributed by atoms with van der Waals surface area (Å²) in [5.41, 5.74) is 7.19. The Kier molecular flexibility index (Phi) is 3.83. The van der Waals surface area contributed by atoms with E-state index < -0.39 is 0 Å². The van der Waals surface area contributed by atoms with E-state index in [1.165, 1.54) is 6.33 Å². The number of carbonyl (C=O) groups is 1. The first kappa shape index (κ1) is 15.6. The molecule has 128 valence electrons. The maximum atomic E-state index is 13.0. The lowest BCUT2D eigenvalue weighted by molar-refractivity contribution is 0.0724. The second-order valence-electron chi connectivity index (χ2n) is 6.41. The zero-order valence-electron chi connectivity index (χ0n) is 14.1. The summed E-state index contributed by atoms with van der Waals surface area (Å²) >= 11 is 0. The maximum Gasteiger partial charge on any atom is 0.254 e. The number of amides is 1. The van der Waals surface area contributed by atoms with E-state index in [-0.39, 0.29) is 11.9 Å². The van der Waals surface area contributed by atoms with Gasteiger partial charge >= 0.3 is 0 Å². The van der Waals surface area contributed by atoms with Crippen molar-refractivity contribution in [3.8, 4) is 0 Å². The first-order chi connectivity index (χ1) is 12.1. The largest absolute Gasteiger partial charge is 0.383 e. The van der Waals surface area contributed by atoms with Crippen LogP contribution < -0.4 is 5.73 Å². The van der Waals surface area contributed by atoms with E-state index in [1.54, 1.807) is 12.3 Å². The summed E-state index contributed by atoms with van der Waals surface area (Å²) < 4.78 is 2.10. The Morgan fingerprint density at radius 3 is 3.00 bits per heavy atom. The van der Waals surface area contributed by atoms with Crippen LogP contribution in [-0.4, -0.2) is 42.9 Å². The van der Waals surface area contributed by atoms with Crippen LogP contribution in [0.25, 0.3) is 10.9 Å². The van der Waals surface area contributed by atoms with Crippen molar-refractivity contribution in [2.45, 2.75) is 32.4 Å². The molecule has 0 bridgehead atoms. The van der Waals surface area contributed by atoms with Gasteiger partial charge in [0.2, 0.25) is 0 Å². The number of nitrogen functional groups attached to an aromatic ring is 1. The lowest BCUT2D eigenvalue weighted by Crippen LogP contribution is -2.38. The number of anilines is 1. The van der Waals surface area contributed by atoms with Crippen LogP contribution in [0, 0.1) is 6.92 Å². The van der Waals surface area contributed by atoms with Gasteiger partial charge in [-0.2, -0.15) is 0 Å². The smallest absolute Gasteiger partial charge is 0.254 e. The third kappa shape index (κ3) is 2.82. The van der Waals surface area contributed by atoms with Crippen LogP contribution in [0.4, 0.5) is 5.82 Å². The van der Waals surface area contributed by atoms with Gasteiger partial charge in [0.25, 0.3) is 5.91 Å². The Balaban J connectivity index is 1.60. The summed E-state index contributed by atoms with van der Waals surface area (Å²) in [5, 5.41) is 0.770. The van der Waals surface area contributed by atoms with E-state index in [1.807, 2.05) is 30.2 Å². The Hall–Kier alpha value is -2.96. The average molecular weight is 336 g/mol. The quantitative estimate of drug-likeness (QED) is 0.790. The number of carbonyl (C=O) groups excluding carboxylic acids is 1. The van der Waals surface area contributed by atoms with Crippen LogP contribution in [0.5, 0.6) is 0 Å². The van der Waals surface area contributed by atoms with Crippen LogP contribution in [-0.2, 0) is 6.54 Å². The number of imidazole rings is 1. The minimum Gasteiger partial charge on any atom is -0.383 e. The molecule has 7 heteroatoms. The second kappa shape index (κ2) is 6.16. The predicted molar refractivity (Wildman–Crippen MR) is 95.0 cm³/mol. The third-order valence-electron chi connectivity index (χ3n) is 4.88. The second-order valence-corrected chi connectivity index (χ2v) is 6.41. The maximum absolute atomic E-state index is 13.0. The van der Waals surface area contributed by atoms with E-state index in [2.05, 4.69) is 19.5 Å². The minimum absolute atomic E-state index is 0.0411. The van der Waals surface area contributed by atoms with Crippen molar-refractivity contribution in [3.63, 3.8) is 0 Å². The molecule has 3 heterocycles. The van der Waals surface area contributed by atoms with Gasteiger partial charge in [-0.3, -0.25) is 4.79 Å². The predicted octanol–water partition coefficient (Wildman–Crippen LogP) is 2.02. The number of aryl methyl sites for hydroxylation is 1. The number of fused-ring (bicyclic) bond motifs is 1. The van der Waals surface area contributed by atoms with Gasteiger partial charge in [-0.05, 0) is 38.0 Å². The highest BCUT2D eigenvalue weighted by Crippen LogP contribution is 2.24. The third-order valence-corrected chi connectivity index (χ3v) is 4.88. The van der Waals surface area contributed by atoms with Gasteiger partial charge in [-0.1, -0.05) is 0 Å². The summed E-state index contributed by atoms with van der Waals surface area (Å²) in [7, 11) is 0. The van der Waals surface area contributed by atoms with E-state index in [4.69, 9.17) is 5.73 Å². The molecular formula is C18H20N6O. The van der Waals surface area contributed by atoms with E-state index in [0.29, 0.717) is 16.9 Å². The van der Waals surface area contributed by atoms with Crippen molar-refractivity contribution < 1.29 is 4.79 Å². The van der Waals surface area contributed by atoms with Gasteiger partial charge in [0, 0.05) is 36.4 Å². The molecule has 2 N–H and O–H groups in total. The number of hydrogen-bond acceptors (Lipinski definition) is 5. The molecule has 1 fully saturated rings. The highest BCUT2D eigenvalue weighted by Gasteiger charge is 2.30. The molecule has 0 spiro atoms. The van der Waals surface area contributed by atoms with Crippen LogP contribution in [0.15, 0.2) is 36.9 Å². The highest BCUT2D eigenvalue weighted by molar-refractivity contribution is 5.99. The molecule has 1 atom stereocenters. The Morgan fingerprint density at radius 2 is 2.20 bits per heavy atom. The molecule has 1 aromatic carbocycles. The molecule has 0 aliphatic carbocycles. The number of nitrogens with two attached hydrogens (primary N) is 1. The first-order valence-corrected chi connectivity index (χ1v) is 8.42. The van der Waals surface area contributed by atoms with Crippen LogP contribution in [0.3, 0.4) is 0 Å². The number of rotatable bonds is 3. The molecule has 2 aromatic heterocycles. The monoisotopic (exact) mass is 336 g/mol. The number of benzene rings is 1. The van der Waals surface area contributed by atoms with Crippen LogP contribution in [0.2, 0.25) is 0 Å². The molecule has 1 aliphatic rings. The first-order valence-electron chi connectivity index (χ1n) is 8.42. The van der Waals surface area contributed by atoms with Crippen molar-refractivity contribution in [1.82, 2.24) is 24.4 Å². The van der Waals surface area contributed by atoms with Gasteiger partial charge in [0.1, 0.15) is 18.0 Å². The molecule has 3 aromatic rings. The minimum atomic E-state index is 0.0411. The van der Waals surface area contributed by atoms with Gasteiger partial charge in [-0.25, -0.2) is 15.0 Å². The van der Waals surface area contributed by atoms with Crippen LogP contribution >= 0.6 is 0 Å². The van der Waals surface area contributed by atoms with Gasteiger partial charge in [-0.15, -0.1) is 0 Å². The lowest BCUT2D eigenvalue weighted by atomic mass is 10.1. The van der Waals surface area contributed by atoms with Crippen molar-refractivity contribution in [1.29, 1.82) is 0 Å². The van der Waals surface area contributed by atoms with E-state index >= 15 is 0 Å². The Bertz CT molecular complexity index is 934. The summed E-state index contributed by atoms with van der Waals surface area (Å²) in [6, 6.07) is 5.62. The Morgan fingerprint density at radius 1 is 1.32 bits per heavy atom. The number of nitrogens with zero attached hydrogens (tertiary/aromatic N) is 5. The van der Waals surface area contributed by atoms with E-state index in [0.717, 1.165) is 37.1 Å². The molecule has 1 unspecified atom stereocenters. The molecule has 25 heavy (non-hydrogen) atoms. The summed E-state index contributed by atoms with van der Waals surface area (Å²) in [6.45, 7) is 3.54. The fourth-order valence-electron chi connectivity index (χ4n) is 3.49. The fraction of sp³-hybridized carbons (Fsp3) is 0.333. The topological polar surface area (TPSA) is 89.9 Å². The van der Waals surface area contributed by atoms with Gasteiger partial charge < -0.3 is 15.2 Å². The standard InChI is InChI=1S/C18H20N6O/c1-12-20-6-8-23(12)10-14-3-2-7-24(14)18(25)13-4-5-15-16(9-13)21-11-22-17(15)19/h4-6,8-9,11,14H,2-3,7,10H2,1H3,(H2,19,21,22). The normalized spacial score (nSPS) is 17.3. The van der Waals surface area contributed by atoms with Crippen molar-refractivity contribution >= 4 is 22.6 Å². The Labute approximate surface area is 145 Å². The zero-order chi connectivity index (χ0) is 17.4. The molecule has 1 saturated heterocycles. The van der Waals surface area contributed by atoms with Gasteiger partial charge in [0.15, 0.2) is 0 Å². The SMILES string of the molecule is Cc1nccn1CC1CCCN1C(=O)c1ccc2c(N)ncnc2c1. The number of hydrogen-bond donors (Lipinski definition) is 1. The summed E-state index contributed by atoms with van der Waals surface area (Å²) in [5.74, 6) is 1.44. The molecule has 0 radical (unpaired) electrons. The molecule has 4 rings (SSSR count). The fourth-order valence-corrected chi connectivity index (χ4v) is 3.49. The summed E-state index contributed by atoms with van der Waals surface area (Å²) in [4.78, 5) is 27.5. The molecule has 0 saturated carbocycles. The lowest BCUT2D eigenvalue weighted by Gasteiger charge is -2.25. The summed E-state index contributed by atoms with van der Waals surface area (Å²) in [6.07, 6.45) is 7.21. The van der Waals surface area contributed by atoms with Crippen LogP contribution in [0.1, 0.15) is 29.0 Å². The average Bonchev–Trinajstić information content (AvgIpc) is 3.24. The molecule has 1 amide bonds. The van der Waals surface area contributed by atoms with Crippen molar-refractivity contribution in [2.75, 3.05) is 12.3 Å². The highest BCUT2D eigenvalue weighted by atomic mass is 16.2. The zero-order valence-corrected chi connectivity index (χ0v) is 14.1. The molecule has 7 nitrogen and oxygen atoms in total.